The number of benzene rings is 1. The molecule has 0 saturated heterocycles. The van der Waals surface area contributed by atoms with Crippen LogP contribution in [0, 0.1) is 18.3 Å². The summed E-state index contributed by atoms with van der Waals surface area (Å²) in [6.07, 6.45) is 3.43. The first-order chi connectivity index (χ1) is 14.5. The Balaban J connectivity index is 1.47. The van der Waals surface area contributed by atoms with Crippen molar-refractivity contribution in [2.45, 2.75) is 19.9 Å². The summed E-state index contributed by atoms with van der Waals surface area (Å²) in [7, 11) is 0. The van der Waals surface area contributed by atoms with Crippen molar-refractivity contribution in [1.29, 1.82) is 5.26 Å². The number of carbonyl (C=O) groups is 1. The third-order valence-corrected chi connectivity index (χ3v) is 4.75. The smallest absolute Gasteiger partial charge is 0.320 e. The molecule has 3 heterocycles. The zero-order chi connectivity index (χ0) is 21.1. The van der Waals surface area contributed by atoms with Crippen LogP contribution in [0.3, 0.4) is 0 Å². The predicted octanol–water partition coefficient (Wildman–Crippen LogP) is 4.08. The molecule has 0 saturated carbocycles. The van der Waals surface area contributed by atoms with Crippen molar-refractivity contribution in [1.82, 2.24) is 25.5 Å². The lowest BCUT2D eigenvalue weighted by Crippen LogP contribution is -2.31. The van der Waals surface area contributed by atoms with Crippen LogP contribution in [0.2, 0.25) is 0 Å². The maximum Gasteiger partial charge on any atom is 0.320 e. The molecule has 0 radical (unpaired) electrons. The number of fused-ring (bicyclic) bond motifs is 1. The molecular formula is C22H19N7O. The van der Waals surface area contributed by atoms with Crippen LogP contribution in [0.4, 0.5) is 10.6 Å². The summed E-state index contributed by atoms with van der Waals surface area (Å²) in [6.45, 7) is 3.80. The molecule has 8 heteroatoms. The van der Waals surface area contributed by atoms with Gasteiger partial charge in [0.2, 0.25) is 0 Å². The zero-order valence-corrected chi connectivity index (χ0v) is 16.5. The lowest BCUT2D eigenvalue weighted by Gasteiger charge is -2.15. The van der Waals surface area contributed by atoms with E-state index in [1.165, 1.54) is 0 Å². The second-order valence-electron chi connectivity index (χ2n) is 6.93. The molecule has 3 aromatic heterocycles. The molecule has 0 aliphatic heterocycles. The first kappa shape index (κ1) is 19.1. The van der Waals surface area contributed by atoms with Gasteiger partial charge in [-0.2, -0.15) is 10.4 Å². The van der Waals surface area contributed by atoms with Gasteiger partial charge in [-0.1, -0.05) is 12.1 Å². The third kappa shape index (κ3) is 3.95. The minimum Gasteiger partial charge on any atom is -0.331 e. The molecule has 0 bridgehead atoms. The van der Waals surface area contributed by atoms with Crippen molar-refractivity contribution in [2.75, 3.05) is 5.32 Å². The molecule has 0 aliphatic rings. The third-order valence-electron chi connectivity index (χ3n) is 4.75. The number of carbonyl (C=O) groups excluding carboxylic acids is 1. The fourth-order valence-corrected chi connectivity index (χ4v) is 3.17. The zero-order valence-electron chi connectivity index (χ0n) is 16.5. The van der Waals surface area contributed by atoms with Crippen molar-refractivity contribution < 1.29 is 4.79 Å². The summed E-state index contributed by atoms with van der Waals surface area (Å²) >= 11 is 0. The molecule has 8 nitrogen and oxygen atoms in total. The monoisotopic (exact) mass is 397 g/mol. The molecule has 148 valence electrons. The van der Waals surface area contributed by atoms with Gasteiger partial charge in [0.05, 0.1) is 23.2 Å². The van der Waals surface area contributed by atoms with Crippen LogP contribution in [0.15, 0.2) is 54.9 Å². The van der Waals surface area contributed by atoms with Crippen molar-refractivity contribution in [3.63, 3.8) is 0 Å². The molecule has 30 heavy (non-hydrogen) atoms. The number of nitrogens with zero attached hydrogens (tertiary/aromatic N) is 4. The van der Waals surface area contributed by atoms with E-state index >= 15 is 0 Å². The van der Waals surface area contributed by atoms with Crippen LogP contribution in [0.5, 0.6) is 0 Å². The molecule has 1 aromatic carbocycles. The van der Waals surface area contributed by atoms with Crippen molar-refractivity contribution in [2.24, 2.45) is 0 Å². The second kappa shape index (κ2) is 8.01. The number of hydrogen-bond donors (Lipinski definition) is 3. The van der Waals surface area contributed by atoms with Gasteiger partial charge in [0, 0.05) is 35.1 Å². The number of rotatable bonds is 4. The number of aromatic amines is 1. The summed E-state index contributed by atoms with van der Waals surface area (Å²) in [6, 6.07) is 14.2. The largest absolute Gasteiger partial charge is 0.331 e. The number of aromatic nitrogens is 4. The van der Waals surface area contributed by atoms with E-state index in [1.807, 2.05) is 38.1 Å². The van der Waals surface area contributed by atoms with Gasteiger partial charge in [-0.25, -0.2) is 9.78 Å². The number of anilines is 1. The fraction of sp³-hybridized carbons (Fsp3) is 0.136. The average Bonchev–Trinajstić information content (AvgIpc) is 3.17. The number of H-pyrrole nitrogens is 1. The summed E-state index contributed by atoms with van der Waals surface area (Å²) < 4.78 is 0. The van der Waals surface area contributed by atoms with Crippen LogP contribution >= 0.6 is 0 Å². The van der Waals surface area contributed by atoms with Gasteiger partial charge in [-0.15, -0.1) is 0 Å². The summed E-state index contributed by atoms with van der Waals surface area (Å²) in [4.78, 5) is 20.9. The van der Waals surface area contributed by atoms with Crippen LogP contribution in [0.25, 0.3) is 22.2 Å². The molecule has 0 aliphatic carbocycles. The Morgan fingerprint density at radius 3 is 2.70 bits per heavy atom. The van der Waals surface area contributed by atoms with E-state index in [2.05, 4.69) is 36.9 Å². The molecular weight excluding hydrogens is 378 g/mol. The fourth-order valence-electron chi connectivity index (χ4n) is 3.17. The molecule has 4 aromatic rings. The standard InChI is InChI=1S/C22H19N7O/c1-13-9-17(7-8-24-13)21-18-12-25-20(10-19(18)28-29-21)27-22(30)26-14(2)16-5-3-15(11-23)4-6-16/h3-10,12,14H,1-2H3,(H,28,29)(H2,25,26,27,30)/t14-/m0/s1. The van der Waals surface area contributed by atoms with Gasteiger partial charge >= 0.3 is 6.03 Å². The minimum absolute atomic E-state index is 0.227. The summed E-state index contributed by atoms with van der Waals surface area (Å²) in [5.74, 6) is 0.410. The number of hydrogen-bond acceptors (Lipinski definition) is 5. The van der Waals surface area contributed by atoms with E-state index < -0.39 is 0 Å². The molecule has 0 fully saturated rings. The normalized spacial score (nSPS) is 11.6. The number of urea groups is 1. The van der Waals surface area contributed by atoms with Crippen LogP contribution in [-0.2, 0) is 0 Å². The van der Waals surface area contributed by atoms with E-state index in [0.717, 1.165) is 33.4 Å². The number of pyridine rings is 2. The van der Waals surface area contributed by atoms with Gasteiger partial charge < -0.3 is 5.32 Å². The molecule has 3 N–H and O–H groups in total. The SMILES string of the molecule is Cc1cc(-c2n[nH]c3cc(NC(=O)N[C@@H](C)c4ccc(C#N)cc4)ncc23)ccn1. The van der Waals surface area contributed by atoms with E-state index in [4.69, 9.17) is 5.26 Å². The number of aryl methyl sites for hydroxylation is 1. The van der Waals surface area contributed by atoms with Gasteiger partial charge in [-0.05, 0) is 43.7 Å². The average molecular weight is 397 g/mol. The molecule has 4 rings (SSSR count). The van der Waals surface area contributed by atoms with E-state index in [0.29, 0.717) is 11.4 Å². The molecule has 0 unspecified atom stereocenters. The van der Waals surface area contributed by atoms with Crippen LogP contribution < -0.4 is 10.6 Å². The number of nitriles is 1. The van der Waals surface area contributed by atoms with E-state index in [1.54, 1.807) is 30.6 Å². The second-order valence-corrected chi connectivity index (χ2v) is 6.93. The first-order valence-corrected chi connectivity index (χ1v) is 9.38. The number of amides is 2. The van der Waals surface area contributed by atoms with Crippen LogP contribution in [0.1, 0.15) is 29.8 Å². The van der Waals surface area contributed by atoms with Gasteiger partial charge in [0.25, 0.3) is 0 Å². The van der Waals surface area contributed by atoms with Gasteiger partial charge in [0.1, 0.15) is 11.5 Å². The Labute approximate surface area is 173 Å². The van der Waals surface area contributed by atoms with Crippen LogP contribution in [-0.4, -0.2) is 26.2 Å². The molecule has 0 spiro atoms. The van der Waals surface area contributed by atoms with Crippen molar-refractivity contribution in [3.8, 4) is 17.3 Å². The van der Waals surface area contributed by atoms with Gasteiger partial charge in [0.15, 0.2) is 0 Å². The van der Waals surface area contributed by atoms with E-state index in [-0.39, 0.29) is 12.1 Å². The highest BCUT2D eigenvalue weighted by molar-refractivity contribution is 5.95. The topological polar surface area (TPSA) is 119 Å². The first-order valence-electron chi connectivity index (χ1n) is 9.38. The molecule has 1 atom stereocenters. The Hall–Kier alpha value is -4.25. The highest BCUT2D eigenvalue weighted by Gasteiger charge is 2.13. The van der Waals surface area contributed by atoms with Crippen molar-refractivity contribution >= 4 is 22.8 Å². The summed E-state index contributed by atoms with van der Waals surface area (Å²) in [5.41, 5.74) is 4.89. The van der Waals surface area contributed by atoms with E-state index in [9.17, 15) is 4.79 Å². The Bertz CT molecular complexity index is 1250. The van der Waals surface area contributed by atoms with Crippen molar-refractivity contribution in [3.05, 3.63) is 71.7 Å². The molecule has 2 amide bonds. The highest BCUT2D eigenvalue weighted by Crippen LogP contribution is 2.27. The minimum atomic E-state index is -0.372. The van der Waals surface area contributed by atoms with Gasteiger partial charge in [-0.3, -0.25) is 15.4 Å². The maximum atomic E-state index is 12.4. The quantitative estimate of drug-likeness (QED) is 0.479. The summed E-state index contributed by atoms with van der Waals surface area (Å²) in [5, 5.41) is 22.7. The Morgan fingerprint density at radius 2 is 1.97 bits per heavy atom. The lowest BCUT2D eigenvalue weighted by molar-refractivity contribution is 0.249. The Kier molecular flexibility index (Phi) is 5.09. The Morgan fingerprint density at radius 1 is 1.17 bits per heavy atom. The lowest BCUT2D eigenvalue weighted by atomic mass is 10.1. The number of nitrogens with one attached hydrogen (secondary N) is 3. The predicted molar refractivity (Wildman–Crippen MR) is 114 cm³/mol. The highest BCUT2D eigenvalue weighted by atomic mass is 16.2. The maximum absolute atomic E-state index is 12.4.